The van der Waals surface area contributed by atoms with Gasteiger partial charge in [0.25, 0.3) is 5.56 Å². The smallest absolute Gasteiger partial charge is 0.269 e. The van der Waals surface area contributed by atoms with Gasteiger partial charge in [-0.05, 0) is 42.0 Å². The Balaban J connectivity index is 2.40. The number of nitrogens with zero attached hydrogens (tertiary/aromatic N) is 2. The van der Waals surface area contributed by atoms with Crippen molar-refractivity contribution in [2.24, 2.45) is 0 Å². The molecule has 2 aromatic rings. The highest BCUT2D eigenvalue weighted by Crippen LogP contribution is 2.22. The van der Waals surface area contributed by atoms with Gasteiger partial charge >= 0.3 is 0 Å². The maximum atomic E-state index is 12.4. The van der Waals surface area contributed by atoms with Crippen molar-refractivity contribution in [3.63, 3.8) is 0 Å². The molecule has 0 spiro atoms. The van der Waals surface area contributed by atoms with Crippen molar-refractivity contribution in [2.75, 3.05) is 0 Å². The van der Waals surface area contributed by atoms with E-state index in [0.29, 0.717) is 6.54 Å². The number of hydrogen-bond donors (Lipinski definition) is 0. The van der Waals surface area contributed by atoms with Crippen LogP contribution in [0.15, 0.2) is 35.1 Å². The molecule has 0 atom stereocenters. The van der Waals surface area contributed by atoms with Crippen LogP contribution in [0.5, 0.6) is 0 Å². The minimum absolute atomic E-state index is 0.114. The lowest BCUT2D eigenvalue weighted by Gasteiger charge is -2.19. The van der Waals surface area contributed by atoms with Crippen molar-refractivity contribution in [1.29, 1.82) is 5.26 Å². The molecule has 0 radical (unpaired) electrons. The van der Waals surface area contributed by atoms with Crippen molar-refractivity contribution >= 4 is 0 Å². The molecule has 3 heteroatoms. The van der Waals surface area contributed by atoms with E-state index >= 15 is 0 Å². The number of aromatic nitrogens is 1. The molecule has 0 bridgehead atoms. The lowest BCUT2D eigenvalue weighted by Crippen LogP contribution is -2.26. The lowest BCUT2D eigenvalue weighted by atomic mass is 9.87. The number of benzene rings is 1. The minimum Gasteiger partial charge on any atom is -0.307 e. The normalized spacial score (nSPS) is 11.3. The van der Waals surface area contributed by atoms with Gasteiger partial charge in [-0.15, -0.1) is 0 Å². The van der Waals surface area contributed by atoms with Crippen molar-refractivity contribution in [2.45, 2.75) is 46.6 Å². The number of hydrogen-bond acceptors (Lipinski definition) is 2. The predicted molar refractivity (Wildman–Crippen MR) is 89.1 cm³/mol. The summed E-state index contributed by atoms with van der Waals surface area (Å²) in [5.74, 6) is 0. The first-order chi connectivity index (χ1) is 10.2. The van der Waals surface area contributed by atoms with Crippen LogP contribution in [0.1, 0.15) is 48.7 Å². The Morgan fingerprint density at radius 1 is 1.14 bits per heavy atom. The van der Waals surface area contributed by atoms with Crippen molar-refractivity contribution in [1.82, 2.24) is 4.57 Å². The van der Waals surface area contributed by atoms with Gasteiger partial charge in [-0.3, -0.25) is 4.79 Å². The van der Waals surface area contributed by atoms with Gasteiger partial charge in [-0.1, -0.05) is 45.0 Å². The van der Waals surface area contributed by atoms with Crippen LogP contribution in [0.3, 0.4) is 0 Å². The van der Waals surface area contributed by atoms with Gasteiger partial charge in [0.05, 0.1) is 6.54 Å². The van der Waals surface area contributed by atoms with E-state index in [4.69, 9.17) is 5.26 Å². The first kappa shape index (κ1) is 16.0. The third-order valence-corrected chi connectivity index (χ3v) is 3.98. The summed E-state index contributed by atoms with van der Waals surface area (Å²) in [7, 11) is 0. The summed E-state index contributed by atoms with van der Waals surface area (Å²) in [4.78, 5) is 12.4. The average molecular weight is 294 g/mol. The van der Waals surface area contributed by atoms with Crippen LogP contribution in [0.25, 0.3) is 0 Å². The molecule has 0 fully saturated rings. The molecule has 0 unspecified atom stereocenters. The van der Waals surface area contributed by atoms with Crippen LogP contribution in [0, 0.1) is 25.2 Å². The highest BCUT2D eigenvalue weighted by Gasteiger charge is 2.14. The Bertz CT molecular complexity index is 784. The molecule has 0 saturated heterocycles. The molecule has 1 aromatic carbocycles. The SMILES string of the molecule is Cc1cc(C)n(Cc2ccc(C(C)(C)C)cc2)c(=O)c1C#N. The summed E-state index contributed by atoms with van der Waals surface area (Å²) < 4.78 is 1.66. The molecular weight excluding hydrogens is 272 g/mol. The van der Waals surface area contributed by atoms with Gasteiger partial charge in [0, 0.05) is 5.69 Å². The molecule has 3 nitrogen and oxygen atoms in total. The zero-order chi connectivity index (χ0) is 16.5. The van der Waals surface area contributed by atoms with Crippen LogP contribution in [0.4, 0.5) is 0 Å². The van der Waals surface area contributed by atoms with Gasteiger partial charge < -0.3 is 4.57 Å². The van der Waals surface area contributed by atoms with E-state index in [1.54, 1.807) is 11.5 Å². The second-order valence-electron chi connectivity index (χ2n) is 6.79. The maximum absolute atomic E-state index is 12.4. The molecular formula is C19H22N2O. The van der Waals surface area contributed by atoms with Crippen molar-refractivity contribution in [3.05, 3.63) is 68.6 Å². The molecule has 2 rings (SSSR count). The quantitative estimate of drug-likeness (QED) is 0.848. The van der Waals surface area contributed by atoms with Gasteiger partial charge in [-0.2, -0.15) is 5.26 Å². The Hall–Kier alpha value is -2.34. The molecule has 0 aliphatic carbocycles. The van der Waals surface area contributed by atoms with E-state index < -0.39 is 0 Å². The summed E-state index contributed by atoms with van der Waals surface area (Å²) in [5.41, 5.74) is 4.08. The van der Waals surface area contributed by atoms with E-state index in [9.17, 15) is 4.79 Å². The topological polar surface area (TPSA) is 45.8 Å². The van der Waals surface area contributed by atoms with Gasteiger partial charge in [0.1, 0.15) is 11.6 Å². The summed E-state index contributed by atoms with van der Waals surface area (Å²) in [6, 6.07) is 12.2. The first-order valence-corrected chi connectivity index (χ1v) is 7.44. The van der Waals surface area contributed by atoms with Crippen LogP contribution in [-0.4, -0.2) is 4.57 Å². The first-order valence-electron chi connectivity index (χ1n) is 7.44. The molecule has 0 N–H and O–H groups in total. The number of nitriles is 1. The maximum Gasteiger partial charge on any atom is 0.269 e. The number of aryl methyl sites for hydroxylation is 2. The molecule has 22 heavy (non-hydrogen) atoms. The second-order valence-corrected chi connectivity index (χ2v) is 6.79. The van der Waals surface area contributed by atoms with Crippen LogP contribution in [0.2, 0.25) is 0 Å². The van der Waals surface area contributed by atoms with Crippen LogP contribution < -0.4 is 5.56 Å². The molecule has 0 amide bonds. The Morgan fingerprint density at radius 2 is 1.73 bits per heavy atom. The molecule has 0 aliphatic rings. The monoisotopic (exact) mass is 294 g/mol. The second kappa shape index (κ2) is 5.81. The summed E-state index contributed by atoms with van der Waals surface area (Å²) in [6.07, 6.45) is 0. The number of rotatable bonds is 2. The fourth-order valence-electron chi connectivity index (χ4n) is 2.55. The summed E-state index contributed by atoms with van der Waals surface area (Å²) in [6.45, 7) is 10.7. The minimum atomic E-state index is -0.208. The Labute approximate surface area is 131 Å². The van der Waals surface area contributed by atoms with E-state index in [2.05, 4.69) is 45.0 Å². The Kier molecular flexibility index (Phi) is 4.23. The standard InChI is InChI=1S/C19H22N2O/c1-13-10-14(2)21(18(22)17(13)11-20)12-15-6-8-16(9-7-15)19(3,4)5/h6-10H,12H2,1-5H3. The van der Waals surface area contributed by atoms with Crippen LogP contribution >= 0.6 is 0 Å². The average Bonchev–Trinajstić information content (AvgIpc) is 2.43. The zero-order valence-corrected chi connectivity index (χ0v) is 13.9. The Morgan fingerprint density at radius 3 is 2.23 bits per heavy atom. The predicted octanol–water partition coefficient (Wildman–Crippen LogP) is 3.68. The van der Waals surface area contributed by atoms with Crippen molar-refractivity contribution < 1.29 is 0 Å². The number of pyridine rings is 1. The van der Waals surface area contributed by atoms with Gasteiger partial charge in [0.15, 0.2) is 0 Å². The molecule has 1 aromatic heterocycles. The molecule has 1 heterocycles. The van der Waals surface area contributed by atoms with E-state index in [-0.39, 0.29) is 16.5 Å². The largest absolute Gasteiger partial charge is 0.307 e. The fraction of sp³-hybridized carbons (Fsp3) is 0.368. The van der Waals surface area contributed by atoms with Crippen LogP contribution in [-0.2, 0) is 12.0 Å². The third-order valence-electron chi connectivity index (χ3n) is 3.98. The zero-order valence-electron chi connectivity index (χ0n) is 13.9. The van der Waals surface area contributed by atoms with Crippen molar-refractivity contribution in [3.8, 4) is 6.07 Å². The highest BCUT2D eigenvalue weighted by atomic mass is 16.1. The molecule has 0 aliphatic heterocycles. The summed E-state index contributed by atoms with van der Waals surface area (Å²) in [5, 5.41) is 9.14. The van der Waals surface area contributed by atoms with E-state index in [1.807, 2.05) is 19.1 Å². The van der Waals surface area contributed by atoms with E-state index in [1.165, 1.54) is 5.56 Å². The fourth-order valence-corrected chi connectivity index (χ4v) is 2.55. The molecule has 0 saturated carbocycles. The summed E-state index contributed by atoms with van der Waals surface area (Å²) >= 11 is 0. The molecule has 114 valence electrons. The van der Waals surface area contributed by atoms with Gasteiger partial charge in [0.2, 0.25) is 0 Å². The highest BCUT2D eigenvalue weighted by molar-refractivity contribution is 5.36. The van der Waals surface area contributed by atoms with E-state index in [0.717, 1.165) is 16.8 Å². The third kappa shape index (κ3) is 3.12. The van der Waals surface area contributed by atoms with Gasteiger partial charge in [-0.25, -0.2) is 0 Å². The lowest BCUT2D eigenvalue weighted by molar-refractivity contribution is 0.589.